The van der Waals surface area contributed by atoms with Crippen LogP contribution in [0.4, 0.5) is 5.82 Å². The number of fused-ring (bicyclic) bond motifs is 1. The number of benzene rings is 1. The lowest BCUT2D eigenvalue weighted by Gasteiger charge is -2.27. The summed E-state index contributed by atoms with van der Waals surface area (Å²) in [5.74, 6) is 1.00. The number of rotatable bonds is 3. The van der Waals surface area contributed by atoms with E-state index in [0.29, 0.717) is 24.6 Å². The molecule has 0 spiro atoms. The summed E-state index contributed by atoms with van der Waals surface area (Å²) in [6.45, 7) is 0.872. The van der Waals surface area contributed by atoms with Crippen molar-refractivity contribution in [3.8, 4) is 22.5 Å². The van der Waals surface area contributed by atoms with Gasteiger partial charge in [0.25, 0.3) is 0 Å². The van der Waals surface area contributed by atoms with Gasteiger partial charge in [-0.25, -0.2) is 18.4 Å². The molecule has 9 nitrogen and oxygen atoms in total. The Bertz CT molecular complexity index is 1300. The van der Waals surface area contributed by atoms with Crippen LogP contribution in [0, 0.1) is 0 Å². The molecule has 29 heavy (non-hydrogen) atoms. The SMILES string of the molecule is Cn1cc(-c2ccc3[nH]nc(-c4cc(N5CCS(=O)(=O)CC5)ncn4)c3c2)cn1. The summed E-state index contributed by atoms with van der Waals surface area (Å²) in [4.78, 5) is 10.7. The van der Waals surface area contributed by atoms with Gasteiger partial charge >= 0.3 is 0 Å². The number of aryl methyl sites for hydroxylation is 1. The van der Waals surface area contributed by atoms with Crippen molar-refractivity contribution in [2.75, 3.05) is 29.5 Å². The Kier molecular flexibility index (Phi) is 4.09. The van der Waals surface area contributed by atoms with E-state index in [1.54, 1.807) is 4.68 Å². The normalized spacial score (nSPS) is 16.4. The minimum absolute atomic E-state index is 0.145. The molecule has 4 aromatic rings. The predicted octanol–water partition coefficient (Wildman–Crippen LogP) is 1.66. The van der Waals surface area contributed by atoms with Gasteiger partial charge < -0.3 is 4.90 Å². The average Bonchev–Trinajstić information content (AvgIpc) is 3.34. The molecule has 0 unspecified atom stereocenters. The molecule has 4 heterocycles. The Labute approximate surface area is 167 Å². The van der Waals surface area contributed by atoms with Gasteiger partial charge in [-0.2, -0.15) is 10.2 Å². The third-order valence-corrected chi connectivity index (χ3v) is 6.77. The number of hydrogen-bond acceptors (Lipinski definition) is 7. The van der Waals surface area contributed by atoms with E-state index >= 15 is 0 Å². The highest BCUT2D eigenvalue weighted by atomic mass is 32.2. The Hall–Kier alpha value is -3.27. The molecule has 3 aromatic heterocycles. The minimum atomic E-state index is -2.94. The van der Waals surface area contributed by atoms with E-state index < -0.39 is 9.84 Å². The Morgan fingerprint density at radius 3 is 2.66 bits per heavy atom. The molecule has 1 fully saturated rings. The van der Waals surface area contributed by atoms with Crippen LogP contribution in [0.15, 0.2) is 43.0 Å². The van der Waals surface area contributed by atoms with Crippen LogP contribution in [0.3, 0.4) is 0 Å². The molecule has 0 atom stereocenters. The minimum Gasteiger partial charge on any atom is -0.354 e. The number of nitrogens with zero attached hydrogens (tertiary/aromatic N) is 6. The van der Waals surface area contributed by atoms with E-state index in [4.69, 9.17) is 0 Å². The summed E-state index contributed by atoms with van der Waals surface area (Å²) in [5.41, 5.74) is 4.41. The third kappa shape index (κ3) is 3.35. The second-order valence-electron chi connectivity index (χ2n) is 7.14. The van der Waals surface area contributed by atoms with Crippen molar-refractivity contribution in [1.29, 1.82) is 0 Å². The van der Waals surface area contributed by atoms with Crippen LogP contribution in [-0.2, 0) is 16.9 Å². The summed E-state index contributed by atoms with van der Waals surface area (Å²) in [7, 11) is -1.06. The van der Waals surface area contributed by atoms with Gasteiger partial charge in [-0.05, 0) is 17.7 Å². The summed E-state index contributed by atoms with van der Waals surface area (Å²) < 4.78 is 25.2. The van der Waals surface area contributed by atoms with Crippen LogP contribution in [0.1, 0.15) is 0 Å². The van der Waals surface area contributed by atoms with Crippen LogP contribution in [0.25, 0.3) is 33.4 Å². The van der Waals surface area contributed by atoms with Crippen molar-refractivity contribution < 1.29 is 8.42 Å². The molecule has 1 aliphatic heterocycles. The molecule has 0 amide bonds. The fourth-order valence-electron chi connectivity index (χ4n) is 3.55. The van der Waals surface area contributed by atoms with Gasteiger partial charge in [0.1, 0.15) is 17.8 Å². The standard InChI is InChI=1S/C19H19N7O2S/c1-25-11-14(10-22-25)13-2-3-16-15(8-13)19(24-23-16)17-9-18(21-12-20-17)26-4-6-29(27,28)7-5-26/h2-3,8-12H,4-7H2,1H3,(H,23,24). The highest BCUT2D eigenvalue weighted by molar-refractivity contribution is 7.91. The molecule has 1 aliphatic rings. The van der Waals surface area contributed by atoms with Crippen LogP contribution in [0.5, 0.6) is 0 Å². The number of aromatic nitrogens is 6. The number of nitrogens with one attached hydrogen (secondary N) is 1. The highest BCUT2D eigenvalue weighted by Crippen LogP contribution is 2.30. The molecule has 0 radical (unpaired) electrons. The van der Waals surface area contributed by atoms with Crippen LogP contribution < -0.4 is 4.90 Å². The molecule has 10 heteroatoms. The zero-order valence-corrected chi connectivity index (χ0v) is 16.6. The van der Waals surface area contributed by atoms with Crippen molar-refractivity contribution in [2.24, 2.45) is 7.05 Å². The molecular formula is C19H19N7O2S. The summed E-state index contributed by atoms with van der Waals surface area (Å²) in [5, 5.41) is 12.7. The summed E-state index contributed by atoms with van der Waals surface area (Å²) in [6.07, 6.45) is 5.29. The molecule has 1 saturated heterocycles. The van der Waals surface area contributed by atoms with Gasteiger partial charge in [0.2, 0.25) is 0 Å². The molecule has 1 N–H and O–H groups in total. The van der Waals surface area contributed by atoms with E-state index in [9.17, 15) is 8.42 Å². The fourth-order valence-corrected chi connectivity index (χ4v) is 4.75. The second kappa shape index (κ2) is 6.66. The van der Waals surface area contributed by atoms with Crippen molar-refractivity contribution in [3.63, 3.8) is 0 Å². The van der Waals surface area contributed by atoms with Gasteiger partial charge in [0.05, 0.1) is 28.9 Å². The maximum Gasteiger partial charge on any atom is 0.153 e. The molecule has 5 rings (SSSR count). The predicted molar refractivity (Wildman–Crippen MR) is 110 cm³/mol. The van der Waals surface area contributed by atoms with Gasteiger partial charge in [0, 0.05) is 43.4 Å². The van der Waals surface area contributed by atoms with E-state index in [2.05, 4.69) is 31.3 Å². The number of aromatic amines is 1. The molecule has 0 aliphatic carbocycles. The molecule has 148 valence electrons. The monoisotopic (exact) mass is 409 g/mol. The molecule has 0 saturated carbocycles. The van der Waals surface area contributed by atoms with Crippen LogP contribution in [-0.4, -0.2) is 63.0 Å². The zero-order valence-electron chi connectivity index (χ0n) is 15.8. The van der Waals surface area contributed by atoms with Crippen LogP contribution in [0.2, 0.25) is 0 Å². The number of H-pyrrole nitrogens is 1. The van der Waals surface area contributed by atoms with Gasteiger partial charge in [0.15, 0.2) is 9.84 Å². The summed E-state index contributed by atoms with van der Waals surface area (Å²) in [6, 6.07) is 7.96. The quantitative estimate of drug-likeness (QED) is 0.548. The van der Waals surface area contributed by atoms with Crippen molar-refractivity contribution >= 4 is 26.6 Å². The van der Waals surface area contributed by atoms with E-state index in [-0.39, 0.29) is 11.5 Å². The maximum atomic E-state index is 11.7. The first kappa shape index (κ1) is 17.8. The third-order valence-electron chi connectivity index (χ3n) is 5.16. The molecular weight excluding hydrogens is 390 g/mol. The average molecular weight is 409 g/mol. The first-order chi connectivity index (χ1) is 14.0. The Morgan fingerprint density at radius 2 is 1.90 bits per heavy atom. The van der Waals surface area contributed by atoms with Crippen molar-refractivity contribution in [3.05, 3.63) is 43.0 Å². The van der Waals surface area contributed by atoms with Gasteiger partial charge in [-0.3, -0.25) is 9.78 Å². The van der Waals surface area contributed by atoms with Gasteiger partial charge in [-0.1, -0.05) is 6.07 Å². The van der Waals surface area contributed by atoms with E-state index in [0.717, 1.165) is 27.7 Å². The Balaban J connectivity index is 1.52. The molecule has 1 aromatic carbocycles. The van der Waals surface area contributed by atoms with Crippen molar-refractivity contribution in [1.82, 2.24) is 29.9 Å². The fraction of sp³-hybridized carbons (Fsp3) is 0.263. The smallest absolute Gasteiger partial charge is 0.153 e. The highest BCUT2D eigenvalue weighted by Gasteiger charge is 2.23. The number of sulfone groups is 1. The lowest BCUT2D eigenvalue weighted by molar-refractivity contribution is 0.586. The van der Waals surface area contributed by atoms with Crippen molar-refractivity contribution in [2.45, 2.75) is 0 Å². The van der Waals surface area contributed by atoms with E-state index in [1.165, 1.54) is 6.33 Å². The zero-order chi connectivity index (χ0) is 20.0. The van der Waals surface area contributed by atoms with Gasteiger partial charge in [-0.15, -0.1) is 0 Å². The number of anilines is 1. The Morgan fingerprint density at radius 1 is 1.07 bits per heavy atom. The topological polar surface area (TPSA) is 110 Å². The maximum absolute atomic E-state index is 11.7. The number of hydrogen-bond donors (Lipinski definition) is 1. The van der Waals surface area contributed by atoms with Crippen LogP contribution >= 0.6 is 0 Å². The first-order valence-electron chi connectivity index (χ1n) is 9.23. The first-order valence-corrected chi connectivity index (χ1v) is 11.1. The van der Waals surface area contributed by atoms with E-state index in [1.807, 2.05) is 42.5 Å². The molecule has 0 bridgehead atoms. The lowest BCUT2D eigenvalue weighted by Crippen LogP contribution is -2.40. The summed E-state index contributed by atoms with van der Waals surface area (Å²) >= 11 is 0. The lowest BCUT2D eigenvalue weighted by atomic mass is 10.1. The largest absolute Gasteiger partial charge is 0.354 e. The second-order valence-corrected chi connectivity index (χ2v) is 9.44.